The molecule has 0 unspecified atom stereocenters. The molecule has 0 radical (unpaired) electrons. The summed E-state index contributed by atoms with van der Waals surface area (Å²) in [7, 11) is 0. The van der Waals surface area contributed by atoms with E-state index < -0.39 is 5.54 Å². The van der Waals surface area contributed by atoms with Crippen LogP contribution in [0, 0.1) is 6.92 Å². The smallest absolute Gasteiger partial charge is 0.221 e. The number of nitrogens with one attached hydrogen (secondary N) is 1. The molecule has 1 aromatic carbocycles. The first-order valence-corrected chi connectivity index (χ1v) is 8.15. The molecule has 1 rings (SSSR count). The van der Waals surface area contributed by atoms with E-state index in [-0.39, 0.29) is 12.5 Å². The minimum Gasteiger partial charge on any atom is -0.394 e. The number of rotatable bonds is 8. The lowest BCUT2D eigenvalue weighted by Gasteiger charge is -2.30. The van der Waals surface area contributed by atoms with Crippen LogP contribution in [-0.2, 0) is 4.79 Å². The Bertz CT molecular complexity index is 405. The van der Waals surface area contributed by atoms with E-state index in [9.17, 15) is 9.90 Å². The summed E-state index contributed by atoms with van der Waals surface area (Å²) in [5.74, 6) is 0.770. The molecule has 0 spiro atoms. The molecule has 0 heterocycles. The van der Waals surface area contributed by atoms with Crippen LogP contribution < -0.4 is 5.32 Å². The second kappa shape index (κ2) is 8.32. The number of aliphatic hydroxyl groups is 1. The quantitative estimate of drug-likeness (QED) is 0.724. The number of amides is 1. The molecule has 3 nitrogen and oxygen atoms in total. The van der Waals surface area contributed by atoms with E-state index >= 15 is 0 Å². The van der Waals surface area contributed by atoms with Crippen LogP contribution in [0.25, 0.3) is 0 Å². The Morgan fingerprint density at radius 3 is 2.35 bits per heavy atom. The molecule has 112 valence electrons. The zero-order valence-corrected chi connectivity index (χ0v) is 13.4. The first kappa shape index (κ1) is 17.1. The summed E-state index contributed by atoms with van der Waals surface area (Å²) in [6.45, 7) is 6.03. The Hall–Kier alpha value is -1.00. The number of benzene rings is 1. The van der Waals surface area contributed by atoms with E-state index in [0.29, 0.717) is 6.42 Å². The second-order valence-electron chi connectivity index (χ2n) is 5.11. The van der Waals surface area contributed by atoms with Crippen LogP contribution in [0.15, 0.2) is 29.2 Å². The third-order valence-corrected chi connectivity index (χ3v) is 4.69. The molecule has 0 fully saturated rings. The van der Waals surface area contributed by atoms with Crippen molar-refractivity contribution in [3.63, 3.8) is 0 Å². The van der Waals surface area contributed by atoms with Gasteiger partial charge in [0.05, 0.1) is 12.1 Å². The number of aryl methyl sites for hydroxylation is 1. The Kier molecular flexibility index (Phi) is 7.10. The number of thioether (sulfide) groups is 1. The maximum absolute atomic E-state index is 11.9. The lowest BCUT2D eigenvalue weighted by molar-refractivity contribution is -0.123. The fourth-order valence-electron chi connectivity index (χ4n) is 1.94. The van der Waals surface area contributed by atoms with Gasteiger partial charge in [-0.05, 0) is 31.9 Å². The summed E-state index contributed by atoms with van der Waals surface area (Å²) in [5, 5.41) is 12.4. The first-order chi connectivity index (χ1) is 9.55. The Balaban J connectivity index is 2.38. The fraction of sp³-hybridized carbons (Fsp3) is 0.562. The van der Waals surface area contributed by atoms with Crippen molar-refractivity contribution in [2.75, 3.05) is 12.4 Å². The highest BCUT2D eigenvalue weighted by molar-refractivity contribution is 7.99. The standard InChI is InChI=1S/C16H25NO2S/c1-4-16(5-2,12-18)17-15(19)10-11-20-14-8-6-13(3)7-9-14/h6-9,18H,4-5,10-12H2,1-3H3,(H,17,19). The van der Waals surface area contributed by atoms with Crippen molar-refractivity contribution >= 4 is 17.7 Å². The molecule has 1 amide bonds. The van der Waals surface area contributed by atoms with E-state index in [1.54, 1.807) is 11.8 Å². The number of carbonyl (C=O) groups excluding carboxylic acids is 1. The summed E-state index contributed by atoms with van der Waals surface area (Å²) in [4.78, 5) is 13.1. The number of aliphatic hydroxyl groups excluding tert-OH is 1. The van der Waals surface area contributed by atoms with Crippen LogP contribution in [0.5, 0.6) is 0 Å². The van der Waals surface area contributed by atoms with Crippen LogP contribution in [0.4, 0.5) is 0 Å². The molecule has 0 aliphatic rings. The summed E-state index contributed by atoms with van der Waals surface area (Å²) >= 11 is 1.68. The molecule has 0 bridgehead atoms. The van der Waals surface area contributed by atoms with E-state index in [1.165, 1.54) is 10.5 Å². The Morgan fingerprint density at radius 2 is 1.85 bits per heavy atom. The zero-order valence-electron chi connectivity index (χ0n) is 12.6. The average molecular weight is 295 g/mol. The monoisotopic (exact) mass is 295 g/mol. The lowest BCUT2D eigenvalue weighted by Crippen LogP contribution is -2.50. The molecule has 0 aliphatic heterocycles. The van der Waals surface area contributed by atoms with Crippen molar-refractivity contribution in [3.05, 3.63) is 29.8 Å². The first-order valence-electron chi connectivity index (χ1n) is 7.16. The molecule has 0 saturated carbocycles. The molecule has 4 heteroatoms. The van der Waals surface area contributed by atoms with Crippen molar-refractivity contribution < 1.29 is 9.90 Å². The number of hydrogen-bond donors (Lipinski definition) is 2. The van der Waals surface area contributed by atoms with Gasteiger partial charge in [-0.3, -0.25) is 4.79 Å². The third-order valence-electron chi connectivity index (χ3n) is 3.68. The van der Waals surface area contributed by atoms with Gasteiger partial charge in [0.25, 0.3) is 0 Å². The predicted molar refractivity (Wildman–Crippen MR) is 85.1 cm³/mol. The van der Waals surface area contributed by atoms with Crippen LogP contribution >= 0.6 is 11.8 Å². The molecular weight excluding hydrogens is 270 g/mol. The van der Waals surface area contributed by atoms with Gasteiger partial charge in [0.2, 0.25) is 5.91 Å². The molecule has 0 saturated heterocycles. The highest BCUT2D eigenvalue weighted by atomic mass is 32.2. The molecule has 20 heavy (non-hydrogen) atoms. The largest absolute Gasteiger partial charge is 0.394 e. The summed E-state index contributed by atoms with van der Waals surface area (Å²) in [6, 6.07) is 8.31. The molecule has 0 aliphatic carbocycles. The SMILES string of the molecule is CCC(CC)(CO)NC(=O)CCSc1ccc(C)cc1. The maximum Gasteiger partial charge on any atom is 0.221 e. The predicted octanol–water partition coefficient (Wildman–Crippen LogP) is 3.14. The van der Waals surface area contributed by atoms with Gasteiger partial charge in [-0.1, -0.05) is 31.5 Å². The van der Waals surface area contributed by atoms with Gasteiger partial charge in [-0.2, -0.15) is 0 Å². The number of hydrogen-bond acceptors (Lipinski definition) is 3. The van der Waals surface area contributed by atoms with E-state index in [0.717, 1.165) is 18.6 Å². The highest BCUT2D eigenvalue weighted by Gasteiger charge is 2.26. The normalized spacial score (nSPS) is 11.4. The van der Waals surface area contributed by atoms with E-state index in [2.05, 4.69) is 36.5 Å². The van der Waals surface area contributed by atoms with Crippen LogP contribution in [-0.4, -0.2) is 28.9 Å². The van der Waals surface area contributed by atoms with Crippen LogP contribution in [0.1, 0.15) is 38.7 Å². The van der Waals surface area contributed by atoms with E-state index in [1.807, 2.05) is 13.8 Å². The highest BCUT2D eigenvalue weighted by Crippen LogP contribution is 2.20. The van der Waals surface area contributed by atoms with Crippen molar-refractivity contribution in [3.8, 4) is 0 Å². The van der Waals surface area contributed by atoms with Gasteiger partial charge in [-0.15, -0.1) is 11.8 Å². The van der Waals surface area contributed by atoms with Gasteiger partial charge in [0, 0.05) is 17.1 Å². The van der Waals surface area contributed by atoms with Crippen molar-refractivity contribution in [1.82, 2.24) is 5.32 Å². The van der Waals surface area contributed by atoms with Crippen LogP contribution in [0.2, 0.25) is 0 Å². The van der Waals surface area contributed by atoms with Crippen LogP contribution in [0.3, 0.4) is 0 Å². The third kappa shape index (κ3) is 5.17. The molecule has 0 atom stereocenters. The van der Waals surface area contributed by atoms with Crippen molar-refractivity contribution in [1.29, 1.82) is 0 Å². The maximum atomic E-state index is 11.9. The summed E-state index contributed by atoms with van der Waals surface area (Å²) in [6.07, 6.45) is 1.97. The Morgan fingerprint density at radius 1 is 1.25 bits per heavy atom. The van der Waals surface area contributed by atoms with Gasteiger partial charge in [0.1, 0.15) is 0 Å². The van der Waals surface area contributed by atoms with Crippen molar-refractivity contribution in [2.45, 2.75) is 50.5 Å². The topological polar surface area (TPSA) is 49.3 Å². The molecular formula is C16H25NO2S. The van der Waals surface area contributed by atoms with Gasteiger partial charge >= 0.3 is 0 Å². The molecule has 1 aromatic rings. The van der Waals surface area contributed by atoms with Crippen molar-refractivity contribution in [2.24, 2.45) is 0 Å². The Labute approximate surface area is 126 Å². The average Bonchev–Trinajstić information content (AvgIpc) is 2.47. The number of carbonyl (C=O) groups is 1. The second-order valence-corrected chi connectivity index (χ2v) is 6.27. The fourth-order valence-corrected chi connectivity index (χ4v) is 2.80. The molecule has 2 N–H and O–H groups in total. The minimum atomic E-state index is -0.453. The van der Waals surface area contributed by atoms with Gasteiger partial charge < -0.3 is 10.4 Å². The zero-order chi connectivity index (χ0) is 15.0. The van der Waals surface area contributed by atoms with E-state index in [4.69, 9.17) is 0 Å². The van der Waals surface area contributed by atoms with Gasteiger partial charge in [-0.25, -0.2) is 0 Å². The molecule has 0 aromatic heterocycles. The summed E-state index contributed by atoms with van der Waals surface area (Å²) < 4.78 is 0. The van der Waals surface area contributed by atoms with Gasteiger partial charge in [0.15, 0.2) is 0 Å². The summed E-state index contributed by atoms with van der Waals surface area (Å²) in [5.41, 5.74) is 0.789. The minimum absolute atomic E-state index is 0.00313. The lowest BCUT2D eigenvalue weighted by atomic mass is 9.94.